The second-order valence-electron chi connectivity index (χ2n) is 3.65. The van der Waals surface area contributed by atoms with Crippen LogP contribution in [-0.2, 0) is 9.84 Å². The number of nitrogens with one attached hydrogen (secondary N) is 1. The van der Waals surface area contributed by atoms with Crippen LogP contribution in [0.3, 0.4) is 0 Å². The van der Waals surface area contributed by atoms with Crippen molar-refractivity contribution in [2.45, 2.75) is 16.7 Å². The first-order valence-corrected chi connectivity index (χ1v) is 6.50. The minimum atomic E-state index is -3.40. The number of aromatic nitrogens is 1. The summed E-state index contributed by atoms with van der Waals surface area (Å²) in [5.41, 5.74) is 0.319. The fraction of sp³-hybridized carbons (Fsp3) is 0.400. The molecule has 5 nitrogen and oxygen atoms in total. The van der Waals surface area contributed by atoms with Gasteiger partial charge < -0.3 is 5.32 Å². The maximum atomic E-state index is 12.1. The Morgan fingerprint density at radius 1 is 1.56 bits per heavy atom. The van der Waals surface area contributed by atoms with Crippen molar-refractivity contribution in [2.24, 2.45) is 0 Å². The summed E-state index contributed by atoms with van der Waals surface area (Å²) in [5, 5.41) is 11.3. The summed E-state index contributed by atoms with van der Waals surface area (Å²) in [6.07, 6.45) is 1.95. The van der Waals surface area contributed by atoms with E-state index in [2.05, 4.69) is 10.3 Å². The zero-order valence-corrected chi connectivity index (χ0v) is 9.37. The van der Waals surface area contributed by atoms with Gasteiger partial charge >= 0.3 is 0 Å². The Labute approximate surface area is 94.0 Å². The predicted octanol–water partition coefficient (Wildman–Crippen LogP) is 0.0889. The van der Waals surface area contributed by atoms with E-state index in [1.165, 1.54) is 18.3 Å². The van der Waals surface area contributed by atoms with Gasteiger partial charge in [0.15, 0.2) is 14.9 Å². The van der Waals surface area contributed by atoms with Crippen LogP contribution in [0.1, 0.15) is 12.0 Å². The smallest absolute Gasteiger partial charge is 0.199 e. The molecule has 1 aromatic rings. The summed E-state index contributed by atoms with van der Waals surface area (Å²) in [6.45, 7) is 1.17. The predicted molar refractivity (Wildman–Crippen MR) is 57.4 cm³/mol. The van der Waals surface area contributed by atoms with Crippen LogP contribution in [-0.4, -0.2) is 31.7 Å². The number of rotatable bonds is 2. The van der Waals surface area contributed by atoms with Crippen molar-refractivity contribution in [3.8, 4) is 6.07 Å². The third kappa shape index (κ3) is 1.92. The highest BCUT2D eigenvalue weighted by Gasteiger charge is 2.31. The maximum Gasteiger partial charge on any atom is 0.199 e. The molecule has 0 spiro atoms. The van der Waals surface area contributed by atoms with Gasteiger partial charge in [-0.15, -0.1) is 0 Å². The number of nitrogens with zero attached hydrogens (tertiary/aromatic N) is 2. The summed E-state index contributed by atoms with van der Waals surface area (Å²) in [6, 6.07) is 4.73. The van der Waals surface area contributed by atoms with E-state index >= 15 is 0 Å². The molecule has 0 saturated carbocycles. The van der Waals surface area contributed by atoms with Crippen LogP contribution in [0.2, 0.25) is 0 Å². The van der Waals surface area contributed by atoms with E-state index in [4.69, 9.17) is 5.26 Å². The molecule has 1 aliphatic rings. The molecule has 0 amide bonds. The Bertz CT molecular complexity index is 527. The van der Waals surface area contributed by atoms with Crippen LogP contribution >= 0.6 is 0 Å². The highest BCUT2D eigenvalue weighted by molar-refractivity contribution is 7.92. The van der Waals surface area contributed by atoms with Gasteiger partial charge in [0.25, 0.3) is 0 Å². The van der Waals surface area contributed by atoms with E-state index in [-0.39, 0.29) is 5.03 Å². The number of hydrogen-bond acceptors (Lipinski definition) is 5. The molecule has 1 saturated heterocycles. The molecule has 2 heterocycles. The Morgan fingerprint density at radius 2 is 2.38 bits per heavy atom. The number of hydrogen-bond donors (Lipinski definition) is 1. The van der Waals surface area contributed by atoms with Crippen molar-refractivity contribution in [2.75, 3.05) is 13.1 Å². The Kier molecular flexibility index (Phi) is 2.90. The summed E-state index contributed by atoms with van der Waals surface area (Å²) in [7, 11) is -3.40. The molecule has 2 rings (SSSR count). The molecule has 84 valence electrons. The van der Waals surface area contributed by atoms with Crippen LogP contribution < -0.4 is 5.32 Å². The quantitative estimate of drug-likeness (QED) is 0.788. The first kappa shape index (κ1) is 11.0. The van der Waals surface area contributed by atoms with Crippen LogP contribution in [0.5, 0.6) is 0 Å². The minimum absolute atomic E-state index is 0.000231. The van der Waals surface area contributed by atoms with Gasteiger partial charge in [0.2, 0.25) is 0 Å². The normalized spacial score (nSPS) is 20.6. The van der Waals surface area contributed by atoms with E-state index in [9.17, 15) is 8.42 Å². The highest BCUT2D eigenvalue weighted by Crippen LogP contribution is 2.18. The SMILES string of the molecule is N#Cc1ccnc(S(=O)(=O)[C@H]2CCNC2)c1. The van der Waals surface area contributed by atoms with Gasteiger partial charge in [-0.3, -0.25) is 0 Å². The zero-order chi connectivity index (χ0) is 11.6. The lowest BCUT2D eigenvalue weighted by molar-refractivity contribution is 0.579. The van der Waals surface area contributed by atoms with Crippen molar-refractivity contribution in [1.29, 1.82) is 5.26 Å². The fourth-order valence-corrected chi connectivity index (χ4v) is 3.30. The average molecular weight is 237 g/mol. The molecule has 1 N–H and O–H groups in total. The van der Waals surface area contributed by atoms with Gasteiger partial charge in [-0.2, -0.15) is 5.26 Å². The minimum Gasteiger partial charge on any atom is -0.315 e. The molecule has 6 heteroatoms. The lowest BCUT2D eigenvalue weighted by Crippen LogP contribution is -2.24. The molecule has 0 aromatic carbocycles. The van der Waals surface area contributed by atoms with Gasteiger partial charge in [0.05, 0.1) is 16.9 Å². The van der Waals surface area contributed by atoms with E-state index in [0.29, 0.717) is 25.1 Å². The first-order chi connectivity index (χ1) is 7.64. The van der Waals surface area contributed by atoms with Gasteiger partial charge in [-0.05, 0) is 25.1 Å². The standard InChI is InChI=1S/C10H11N3O2S/c11-6-8-1-4-13-10(5-8)16(14,15)9-2-3-12-7-9/h1,4-5,9,12H,2-3,7H2/t9-/m0/s1. The topological polar surface area (TPSA) is 82.8 Å². The molecule has 0 aliphatic carbocycles. The van der Waals surface area contributed by atoms with E-state index in [1.807, 2.05) is 6.07 Å². The van der Waals surface area contributed by atoms with Gasteiger partial charge in [0.1, 0.15) is 0 Å². The zero-order valence-electron chi connectivity index (χ0n) is 8.55. The van der Waals surface area contributed by atoms with Gasteiger partial charge in [-0.1, -0.05) is 0 Å². The maximum absolute atomic E-state index is 12.1. The number of sulfone groups is 1. The molecular weight excluding hydrogens is 226 g/mol. The Hall–Kier alpha value is -1.45. The lowest BCUT2D eigenvalue weighted by atomic mass is 10.3. The highest BCUT2D eigenvalue weighted by atomic mass is 32.2. The molecule has 1 fully saturated rings. The largest absolute Gasteiger partial charge is 0.315 e. The molecule has 0 radical (unpaired) electrons. The van der Waals surface area contributed by atoms with Gasteiger partial charge in [0, 0.05) is 12.7 Å². The first-order valence-electron chi connectivity index (χ1n) is 4.95. The average Bonchev–Trinajstić information content (AvgIpc) is 2.83. The van der Waals surface area contributed by atoms with Crippen molar-refractivity contribution < 1.29 is 8.42 Å². The Balaban J connectivity index is 2.39. The molecule has 16 heavy (non-hydrogen) atoms. The van der Waals surface area contributed by atoms with E-state index in [1.54, 1.807) is 0 Å². The summed E-state index contributed by atoms with van der Waals surface area (Å²) in [5.74, 6) is 0. The van der Waals surface area contributed by atoms with Crippen LogP contribution in [0.4, 0.5) is 0 Å². The third-order valence-corrected chi connectivity index (χ3v) is 4.70. The molecule has 0 unspecified atom stereocenters. The molecular formula is C10H11N3O2S. The van der Waals surface area contributed by atoms with E-state index < -0.39 is 15.1 Å². The van der Waals surface area contributed by atoms with Crippen molar-refractivity contribution in [1.82, 2.24) is 10.3 Å². The summed E-state index contributed by atoms with van der Waals surface area (Å²) < 4.78 is 24.2. The second kappa shape index (κ2) is 4.20. The molecule has 0 bridgehead atoms. The van der Waals surface area contributed by atoms with Crippen molar-refractivity contribution in [3.63, 3.8) is 0 Å². The van der Waals surface area contributed by atoms with Gasteiger partial charge in [-0.25, -0.2) is 13.4 Å². The van der Waals surface area contributed by atoms with Crippen LogP contribution in [0.15, 0.2) is 23.4 Å². The molecule has 1 aromatic heterocycles. The molecule has 1 aliphatic heterocycles. The number of pyridine rings is 1. The second-order valence-corrected chi connectivity index (χ2v) is 5.83. The number of nitriles is 1. The summed E-state index contributed by atoms with van der Waals surface area (Å²) >= 11 is 0. The monoisotopic (exact) mass is 237 g/mol. The van der Waals surface area contributed by atoms with Crippen LogP contribution in [0.25, 0.3) is 0 Å². The lowest BCUT2D eigenvalue weighted by Gasteiger charge is -2.09. The van der Waals surface area contributed by atoms with Crippen molar-refractivity contribution in [3.05, 3.63) is 23.9 Å². The summed E-state index contributed by atoms with van der Waals surface area (Å²) in [4.78, 5) is 3.84. The molecule has 1 atom stereocenters. The Morgan fingerprint density at radius 3 is 3.00 bits per heavy atom. The fourth-order valence-electron chi connectivity index (χ4n) is 1.70. The third-order valence-electron chi connectivity index (χ3n) is 2.61. The van der Waals surface area contributed by atoms with Crippen molar-refractivity contribution >= 4 is 9.84 Å². The van der Waals surface area contributed by atoms with E-state index in [0.717, 1.165) is 0 Å². The van der Waals surface area contributed by atoms with Crippen LogP contribution in [0, 0.1) is 11.3 Å².